The van der Waals surface area contributed by atoms with Crippen LogP contribution in [0.4, 0.5) is 5.69 Å². The lowest BCUT2D eigenvalue weighted by atomic mass is 10.1. The first-order valence-electron chi connectivity index (χ1n) is 14.5. The largest absolute Gasteiger partial charge is 0.495 e. The third-order valence-electron chi connectivity index (χ3n) is 6.97. The summed E-state index contributed by atoms with van der Waals surface area (Å²) in [4.78, 5) is 25.2. The number of nitrogens with one attached hydrogen (secondary N) is 2. The van der Waals surface area contributed by atoms with Gasteiger partial charge in [-0.05, 0) is 72.6 Å². The van der Waals surface area contributed by atoms with Crippen LogP contribution in [0.25, 0.3) is 0 Å². The molecule has 0 fully saturated rings. The Kier molecular flexibility index (Phi) is 12.2. The van der Waals surface area contributed by atoms with E-state index in [4.69, 9.17) is 30.5 Å². The van der Waals surface area contributed by atoms with Gasteiger partial charge in [0.15, 0.2) is 18.1 Å². The Hall–Kier alpha value is -5.27. The predicted molar refractivity (Wildman–Crippen MR) is 183 cm³/mol. The minimum absolute atomic E-state index is 0.0395. The van der Waals surface area contributed by atoms with Crippen LogP contribution >= 0.6 is 11.6 Å². The predicted octanol–water partition coefficient (Wildman–Crippen LogP) is 4.97. The lowest BCUT2D eigenvalue weighted by Crippen LogP contribution is -2.39. The number of sulfonamides is 1. The molecule has 2 N–H and O–H groups in total. The number of carbonyl (C=O) groups excluding carboxylic acids is 2. The molecule has 0 radical (unpaired) electrons. The van der Waals surface area contributed by atoms with Crippen LogP contribution in [-0.4, -0.2) is 60.9 Å². The van der Waals surface area contributed by atoms with Gasteiger partial charge in [-0.3, -0.25) is 13.9 Å². The van der Waals surface area contributed by atoms with E-state index in [0.717, 1.165) is 9.87 Å². The van der Waals surface area contributed by atoms with Gasteiger partial charge in [-0.1, -0.05) is 41.9 Å². The fourth-order valence-electron chi connectivity index (χ4n) is 4.51. The summed E-state index contributed by atoms with van der Waals surface area (Å²) in [5.41, 5.74) is 3.99. The first-order chi connectivity index (χ1) is 23.0. The second-order valence-electron chi connectivity index (χ2n) is 10.2. The van der Waals surface area contributed by atoms with Crippen molar-refractivity contribution in [1.82, 2.24) is 10.7 Å². The van der Waals surface area contributed by atoms with Gasteiger partial charge in [0.25, 0.3) is 21.8 Å². The lowest BCUT2D eigenvalue weighted by Gasteiger charge is -2.25. The van der Waals surface area contributed by atoms with Crippen LogP contribution in [0, 0.1) is 0 Å². The molecule has 1 atom stereocenters. The van der Waals surface area contributed by atoms with E-state index in [2.05, 4.69) is 15.8 Å². The molecule has 0 aliphatic rings. The van der Waals surface area contributed by atoms with Crippen molar-refractivity contribution >= 4 is 45.3 Å². The summed E-state index contributed by atoms with van der Waals surface area (Å²) in [5, 5.41) is 7.09. The number of hydrazone groups is 1. The zero-order chi connectivity index (χ0) is 34.7. The Morgan fingerprint density at radius 1 is 0.854 bits per heavy atom. The fraction of sp³-hybridized carbons (Fsp3) is 0.206. The maximum Gasteiger partial charge on any atom is 0.265 e. The van der Waals surface area contributed by atoms with Gasteiger partial charge in [0.05, 0.1) is 44.2 Å². The molecule has 0 aromatic heterocycles. The summed E-state index contributed by atoms with van der Waals surface area (Å²) >= 11 is 6.21. The first kappa shape index (κ1) is 35.6. The van der Waals surface area contributed by atoms with Crippen molar-refractivity contribution in [3.63, 3.8) is 0 Å². The molecule has 0 aliphatic carbocycles. The summed E-state index contributed by atoms with van der Waals surface area (Å²) in [6.07, 6.45) is 1.38. The molecular weight excluding hydrogens is 660 g/mol. The number of hydrogen-bond donors (Lipinski definition) is 2. The van der Waals surface area contributed by atoms with Gasteiger partial charge < -0.3 is 24.3 Å². The van der Waals surface area contributed by atoms with Crippen LogP contribution in [0.3, 0.4) is 0 Å². The van der Waals surface area contributed by atoms with Gasteiger partial charge in [-0.2, -0.15) is 5.10 Å². The highest BCUT2D eigenvalue weighted by atomic mass is 35.5. The molecule has 0 saturated carbocycles. The highest BCUT2D eigenvalue weighted by Crippen LogP contribution is 2.37. The SMILES string of the molecule is COc1ccc(S(=O)(=O)N(CC(=O)N/N=C\c2ccc(OCC(=O)N[C@@H](C)c3ccccc3)cc2)c2cc(Cl)ccc2OC)cc1OC. The summed E-state index contributed by atoms with van der Waals surface area (Å²) in [6.45, 7) is 1.06. The number of anilines is 1. The summed E-state index contributed by atoms with van der Waals surface area (Å²) in [6, 6.07) is 24.6. The second-order valence-corrected chi connectivity index (χ2v) is 12.5. The number of hydrogen-bond acceptors (Lipinski definition) is 9. The number of halogens is 1. The minimum Gasteiger partial charge on any atom is -0.495 e. The van der Waals surface area contributed by atoms with Crippen molar-refractivity contribution in [2.75, 3.05) is 38.8 Å². The number of rotatable bonds is 15. The molecule has 14 heteroatoms. The number of benzene rings is 4. The average molecular weight is 695 g/mol. The maximum absolute atomic E-state index is 13.9. The third kappa shape index (κ3) is 9.17. The molecule has 0 unspecified atom stereocenters. The Morgan fingerprint density at radius 2 is 1.52 bits per heavy atom. The van der Waals surface area contributed by atoms with Gasteiger partial charge in [0.2, 0.25) is 0 Å². The van der Waals surface area contributed by atoms with E-state index < -0.39 is 22.5 Å². The highest BCUT2D eigenvalue weighted by Gasteiger charge is 2.30. The second kappa shape index (κ2) is 16.5. The smallest absolute Gasteiger partial charge is 0.265 e. The molecule has 0 heterocycles. The molecule has 2 amide bonds. The summed E-state index contributed by atoms with van der Waals surface area (Å²) < 4.78 is 50.2. The standard InChI is InChI=1S/C34H35ClN4O8S/c1-23(25-8-6-5-7-9-25)37-34(41)22-47-27-13-10-24(11-14-27)20-36-38-33(40)21-39(29-18-26(35)12-16-30(29)44-2)48(42,43)28-15-17-31(45-3)32(19-28)46-4/h5-20,23H,21-22H2,1-4H3,(H,37,41)(H,38,40)/b36-20-/t23-/m0/s1. The maximum atomic E-state index is 13.9. The number of amides is 2. The Bertz CT molecular complexity index is 1860. The Balaban J connectivity index is 1.42. The zero-order valence-corrected chi connectivity index (χ0v) is 28.2. The highest BCUT2D eigenvalue weighted by molar-refractivity contribution is 7.92. The normalized spacial score (nSPS) is 11.8. The average Bonchev–Trinajstić information content (AvgIpc) is 3.10. The lowest BCUT2D eigenvalue weighted by molar-refractivity contribution is -0.123. The third-order valence-corrected chi connectivity index (χ3v) is 8.96. The van der Waals surface area contributed by atoms with Gasteiger partial charge in [-0.25, -0.2) is 13.8 Å². The molecule has 4 aromatic carbocycles. The Morgan fingerprint density at radius 3 is 2.19 bits per heavy atom. The van der Waals surface area contributed by atoms with Crippen molar-refractivity contribution in [3.8, 4) is 23.0 Å². The fourth-order valence-corrected chi connectivity index (χ4v) is 6.12. The Labute approximate surface area is 284 Å². The van der Waals surface area contributed by atoms with Crippen LogP contribution in [0.15, 0.2) is 101 Å². The van der Waals surface area contributed by atoms with Gasteiger partial charge in [0.1, 0.15) is 18.0 Å². The molecule has 0 saturated heterocycles. The van der Waals surface area contributed by atoms with Gasteiger partial charge >= 0.3 is 0 Å². The van der Waals surface area contributed by atoms with E-state index in [1.807, 2.05) is 37.3 Å². The molecule has 0 aliphatic heterocycles. The van der Waals surface area contributed by atoms with Crippen molar-refractivity contribution in [2.45, 2.75) is 17.9 Å². The number of carbonyl (C=O) groups is 2. The van der Waals surface area contributed by atoms with Crippen molar-refractivity contribution in [1.29, 1.82) is 0 Å². The summed E-state index contributed by atoms with van der Waals surface area (Å²) in [7, 11) is -0.188. The molecule has 12 nitrogen and oxygen atoms in total. The minimum atomic E-state index is -4.37. The van der Waals surface area contributed by atoms with Crippen molar-refractivity contribution in [2.24, 2.45) is 5.10 Å². The van der Waals surface area contributed by atoms with Crippen LogP contribution in [0.2, 0.25) is 5.02 Å². The van der Waals surface area contributed by atoms with Crippen LogP contribution in [0.1, 0.15) is 24.1 Å². The number of nitrogens with zero attached hydrogens (tertiary/aromatic N) is 2. The quantitative estimate of drug-likeness (QED) is 0.131. The topological polar surface area (TPSA) is 145 Å². The molecule has 252 valence electrons. The van der Waals surface area contributed by atoms with E-state index in [-0.39, 0.29) is 45.7 Å². The van der Waals surface area contributed by atoms with Crippen LogP contribution in [0.5, 0.6) is 23.0 Å². The molecular formula is C34H35ClN4O8S. The van der Waals surface area contributed by atoms with Crippen LogP contribution in [-0.2, 0) is 19.6 Å². The van der Waals surface area contributed by atoms with E-state index >= 15 is 0 Å². The van der Waals surface area contributed by atoms with Crippen molar-refractivity contribution in [3.05, 3.63) is 107 Å². The molecule has 0 spiro atoms. The first-order valence-corrected chi connectivity index (χ1v) is 16.3. The molecule has 0 bridgehead atoms. The summed E-state index contributed by atoms with van der Waals surface area (Å²) in [5.74, 6) is 0.137. The van der Waals surface area contributed by atoms with Crippen molar-refractivity contribution < 1.29 is 37.0 Å². The zero-order valence-electron chi connectivity index (χ0n) is 26.7. The van der Waals surface area contributed by atoms with Crippen LogP contribution < -0.4 is 34.0 Å². The number of ether oxygens (including phenoxy) is 4. The van der Waals surface area contributed by atoms with E-state index in [1.165, 1.54) is 63.9 Å². The van der Waals surface area contributed by atoms with E-state index in [9.17, 15) is 18.0 Å². The molecule has 4 rings (SSSR count). The van der Waals surface area contributed by atoms with E-state index in [1.54, 1.807) is 24.3 Å². The van der Waals surface area contributed by atoms with Gasteiger partial charge in [0, 0.05) is 11.1 Å². The molecule has 4 aromatic rings. The number of methoxy groups -OCH3 is 3. The molecule has 48 heavy (non-hydrogen) atoms. The monoisotopic (exact) mass is 694 g/mol. The van der Waals surface area contributed by atoms with Gasteiger partial charge in [-0.15, -0.1) is 0 Å². The van der Waals surface area contributed by atoms with E-state index in [0.29, 0.717) is 17.1 Å².